The lowest BCUT2D eigenvalue weighted by Gasteiger charge is -2.33. The van der Waals surface area contributed by atoms with Crippen LogP contribution < -0.4 is 10.2 Å². The molecule has 0 saturated carbocycles. The minimum Gasteiger partial charge on any atom is -0.354 e. The number of aryl methyl sites for hydroxylation is 2. The minimum atomic E-state index is 0.665. The van der Waals surface area contributed by atoms with Crippen LogP contribution in [0.1, 0.15) is 11.3 Å². The molecule has 0 aliphatic carbocycles. The Kier molecular flexibility index (Phi) is 4.24. The largest absolute Gasteiger partial charge is 0.354 e. The first-order chi connectivity index (χ1) is 10.6. The number of anilines is 3. The van der Waals surface area contributed by atoms with Crippen LogP contribution in [0.15, 0.2) is 30.3 Å². The minimum absolute atomic E-state index is 0.665. The predicted molar refractivity (Wildman–Crippen MR) is 90.9 cm³/mol. The quantitative estimate of drug-likeness (QED) is 0.943. The third-order valence-corrected chi connectivity index (χ3v) is 3.98. The van der Waals surface area contributed by atoms with Gasteiger partial charge in [0.25, 0.3) is 0 Å². The van der Waals surface area contributed by atoms with E-state index in [0.717, 1.165) is 43.4 Å². The van der Waals surface area contributed by atoms with Crippen LogP contribution in [0.25, 0.3) is 0 Å². The molecule has 0 bridgehead atoms. The van der Waals surface area contributed by atoms with Crippen molar-refractivity contribution in [2.75, 3.05) is 43.4 Å². The molecule has 1 aromatic carbocycles. The number of hydrogen-bond donors (Lipinski definition) is 1. The van der Waals surface area contributed by atoms with Gasteiger partial charge in [-0.25, -0.2) is 4.98 Å². The van der Waals surface area contributed by atoms with Crippen LogP contribution in [0.3, 0.4) is 0 Å². The molecule has 1 fully saturated rings. The number of hydrogen-bond acceptors (Lipinski definition) is 5. The fourth-order valence-electron chi connectivity index (χ4n) is 2.57. The zero-order valence-electron chi connectivity index (χ0n) is 13.5. The highest BCUT2D eigenvalue weighted by Gasteiger charge is 2.16. The highest BCUT2D eigenvalue weighted by atomic mass is 15.3. The second-order valence-electron chi connectivity index (χ2n) is 5.97. The molecule has 2 heterocycles. The lowest BCUT2D eigenvalue weighted by atomic mass is 10.2. The Hall–Kier alpha value is -2.14. The van der Waals surface area contributed by atoms with E-state index in [4.69, 9.17) is 0 Å². The van der Waals surface area contributed by atoms with Crippen molar-refractivity contribution in [1.29, 1.82) is 0 Å². The number of piperazine rings is 1. The summed E-state index contributed by atoms with van der Waals surface area (Å²) in [6.45, 7) is 8.27. The molecule has 5 nitrogen and oxygen atoms in total. The molecule has 1 aliphatic heterocycles. The summed E-state index contributed by atoms with van der Waals surface area (Å²) in [6.07, 6.45) is 0. The van der Waals surface area contributed by atoms with Crippen molar-refractivity contribution in [3.63, 3.8) is 0 Å². The van der Waals surface area contributed by atoms with E-state index in [1.54, 1.807) is 0 Å². The van der Waals surface area contributed by atoms with Gasteiger partial charge >= 0.3 is 0 Å². The van der Waals surface area contributed by atoms with E-state index < -0.39 is 0 Å². The number of benzene rings is 1. The maximum Gasteiger partial charge on any atom is 0.229 e. The third-order valence-electron chi connectivity index (χ3n) is 3.98. The van der Waals surface area contributed by atoms with E-state index >= 15 is 0 Å². The van der Waals surface area contributed by atoms with Gasteiger partial charge < -0.3 is 15.1 Å². The summed E-state index contributed by atoms with van der Waals surface area (Å²) in [5.74, 6) is 1.67. The van der Waals surface area contributed by atoms with E-state index in [9.17, 15) is 0 Å². The van der Waals surface area contributed by atoms with Crippen molar-refractivity contribution in [1.82, 2.24) is 14.9 Å². The van der Waals surface area contributed by atoms with Crippen molar-refractivity contribution >= 4 is 17.5 Å². The molecule has 22 heavy (non-hydrogen) atoms. The number of nitrogens with zero attached hydrogens (tertiary/aromatic N) is 4. The van der Waals surface area contributed by atoms with Gasteiger partial charge in [-0.2, -0.15) is 4.98 Å². The van der Waals surface area contributed by atoms with E-state index in [0.29, 0.717) is 5.95 Å². The highest BCUT2D eigenvalue weighted by Crippen LogP contribution is 2.19. The number of aromatic nitrogens is 2. The van der Waals surface area contributed by atoms with E-state index in [2.05, 4.69) is 69.4 Å². The second kappa shape index (κ2) is 6.32. The topological polar surface area (TPSA) is 44.3 Å². The monoisotopic (exact) mass is 297 g/mol. The molecule has 1 saturated heterocycles. The van der Waals surface area contributed by atoms with Gasteiger partial charge in [0.2, 0.25) is 5.95 Å². The van der Waals surface area contributed by atoms with Crippen LogP contribution >= 0.6 is 0 Å². The van der Waals surface area contributed by atoms with Crippen LogP contribution in [0.5, 0.6) is 0 Å². The van der Waals surface area contributed by atoms with Gasteiger partial charge in [-0.3, -0.25) is 0 Å². The van der Waals surface area contributed by atoms with Crippen LogP contribution in [0.2, 0.25) is 0 Å². The van der Waals surface area contributed by atoms with Crippen LogP contribution in [-0.4, -0.2) is 48.1 Å². The van der Waals surface area contributed by atoms with E-state index in [-0.39, 0.29) is 0 Å². The molecule has 0 atom stereocenters. The van der Waals surface area contributed by atoms with Crippen molar-refractivity contribution in [2.24, 2.45) is 0 Å². The average molecular weight is 297 g/mol. The maximum atomic E-state index is 4.69. The van der Waals surface area contributed by atoms with E-state index in [1.165, 1.54) is 5.56 Å². The first kappa shape index (κ1) is 14.8. The number of nitrogens with one attached hydrogen (secondary N) is 1. The first-order valence-electron chi connectivity index (χ1n) is 7.73. The van der Waals surface area contributed by atoms with Crippen molar-refractivity contribution in [2.45, 2.75) is 13.8 Å². The van der Waals surface area contributed by atoms with Crippen LogP contribution in [-0.2, 0) is 0 Å². The zero-order chi connectivity index (χ0) is 15.5. The van der Waals surface area contributed by atoms with Gasteiger partial charge in [-0.15, -0.1) is 0 Å². The van der Waals surface area contributed by atoms with Crippen molar-refractivity contribution in [3.8, 4) is 0 Å². The molecule has 5 heteroatoms. The standard InChI is InChI=1S/C17H23N5/c1-13-4-6-15(7-5-13)19-17-18-14(2)12-16(20-17)22-10-8-21(3)9-11-22/h4-7,12H,8-11H2,1-3H3,(H,18,19,20). The Bertz CT molecular complexity index is 630. The van der Waals surface area contributed by atoms with Gasteiger partial charge in [-0.1, -0.05) is 17.7 Å². The Morgan fingerprint density at radius 1 is 0.955 bits per heavy atom. The maximum absolute atomic E-state index is 4.69. The lowest BCUT2D eigenvalue weighted by Crippen LogP contribution is -2.44. The van der Waals surface area contributed by atoms with Crippen molar-refractivity contribution < 1.29 is 0 Å². The van der Waals surface area contributed by atoms with E-state index in [1.807, 2.05) is 6.92 Å². The molecule has 0 unspecified atom stereocenters. The normalized spacial score (nSPS) is 15.9. The molecule has 3 rings (SSSR count). The number of rotatable bonds is 3. The molecule has 2 aromatic rings. The predicted octanol–water partition coefficient (Wildman–Crippen LogP) is 2.59. The third kappa shape index (κ3) is 3.54. The summed E-state index contributed by atoms with van der Waals surface area (Å²) in [5.41, 5.74) is 3.24. The molecule has 1 N–H and O–H groups in total. The Labute approximate surface area is 132 Å². The molecule has 116 valence electrons. The lowest BCUT2D eigenvalue weighted by molar-refractivity contribution is 0.312. The summed E-state index contributed by atoms with van der Waals surface area (Å²) >= 11 is 0. The molecule has 0 radical (unpaired) electrons. The molecular formula is C17H23N5. The highest BCUT2D eigenvalue weighted by molar-refractivity contribution is 5.56. The first-order valence-corrected chi connectivity index (χ1v) is 7.73. The van der Waals surface area contributed by atoms with Crippen LogP contribution in [0, 0.1) is 13.8 Å². The summed E-state index contributed by atoms with van der Waals surface area (Å²) in [4.78, 5) is 13.9. The van der Waals surface area contributed by atoms with Gasteiger partial charge in [0.15, 0.2) is 0 Å². The fraction of sp³-hybridized carbons (Fsp3) is 0.412. The van der Waals surface area contributed by atoms with Gasteiger partial charge in [0.1, 0.15) is 5.82 Å². The molecular weight excluding hydrogens is 274 g/mol. The Morgan fingerprint density at radius 2 is 1.64 bits per heavy atom. The van der Waals surface area contributed by atoms with Crippen molar-refractivity contribution in [3.05, 3.63) is 41.6 Å². The summed E-state index contributed by atoms with van der Waals surface area (Å²) in [5, 5.41) is 3.30. The number of likely N-dealkylation sites (N-methyl/N-ethyl adjacent to an activating group) is 1. The SMILES string of the molecule is Cc1ccc(Nc2nc(C)cc(N3CCN(C)CC3)n2)cc1. The Morgan fingerprint density at radius 3 is 2.32 bits per heavy atom. The smallest absolute Gasteiger partial charge is 0.229 e. The Balaban J connectivity index is 1.79. The van der Waals surface area contributed by atoms with Gasteiger partial charge in [0, 0.05) is 43.6 Å². The van der Waals surface area contributed by atoms with Crippen LogP contribution in [0.4, 0.5) is 17.5 Å². The average Bonchev–Trinajstić information content (AvgIpc) is 2.50. The molecule has 0 spiro atoms. The zero-order valence-corrected chi connectivity index (χ0v) is 13.5. The second-order valence-corrected chi connectivity index (χ2v) is 5.97. The molecule has 1 aromatic heterocycles. The van der Waals surface area contributed by atoms with Gasteiger partial charge in [-0.05, 0) is 33.0 Å². The molecule has 0 amide bonds. The summed E-state index contributed by atoms with van der Waals surface area (Å²) in [7, 11) is 2.16. The van der Waals surface area contributed by atoms with Gasteiger partial charge in [0.05, 0.1) is 0 Å². The fourth-order valence-corrected chi connectivity index (χ4v) is 2.57. The molecule has 1 aliphatic rings. The summed E-state index contributed by atoms with van der Waals surface area (Å²) in [6, 6.07) is 10.3. The summed E-state index contributed by atoms with van der Waals surface area (Å²) < 4.78 is 0.